The zero-order valence-electron chi connectivity index (χ0n) is 12.4. The molecule has 0 aliphatic carbocycles. The lowest BCUT2D eigenvalue weighted by Gasteiger charge is -2.20. The minimum Gasteiger partial charge on any atom is -0.402 e. The van der Waals surface area contributed by atoms with Gasteiger partial charge in [-0.15, -0.1) is 0 Å². The maximum Gasteiger partial charge on any atom is 0.621 e. The molecule has 120 valence electrons. The van der Waals surface area contributed by atoms with Crippen molar-refractivity contribution in [3.8, 4) is 0 Å². The molecule has 0 unspecified atom stereocenters. The van der Waals surface area contributed by atoms with Crippen molar-refractivity contribution in [2.24, 2.45) is 21.7 Å². The van der Waals surface area contributed by atoms with Crippen LogP contribution in [0.3, 0.4) is 0 Å². The summed E-state index contributed by atoms with van der Waals surface area (Å²) < 4.78 is 3.47. The Hall–Kier alpha value is -1.53. The van der Waals surface area contributed by atoms with Crippen LogP contribution in [0.4, 0.5) is 0 Å². The fraction of sp³-hybridized carbons (Fsp3) is 0.750. The van der Waals surface area contributed by atoms with Gasteiger partial charge < -0.3 is 36.1 Å². The van der Waals surface area contributed by atoms with Gasteiger partial charge in [-0.1, -0.05) is 0 Å². The molecule has 0 saturated heterocycles. The van der Waals surface area contributed by atoms with Crippen molar-refractivity contribution in [3.63, 3.8) is 0 Å². The summed E-state index contributed by atoms with van der Waals surface area (Å²) in [6.07, 6.45) is 0. The maximum absolute atomic E-state index is 7.74. The average molecular weight is 304 g/mol. The van der Waals surface area contributed by atoms with E-state index in [1.807, 2.05) is 0 Å². The van der Waals surface area contributed by atoms with Crippen LogP contribution in [0, 0.1) is 10.8 Å². The normalized spacial score (nSPS) is 11.6. The first-order chi connectivity index (χ1) is 9.22. The molecule has 0 aromatic heterocycles. The molecule has 0 radical (unpaired) electrons. The summed E-state index contributed by atoms with van der Waals surface area (Å²) in [5.41, 5.74) is 8.96. The lowest BCUT2D eigenvalue weighted by Crippen LogP contribution is -2.38. The summed E-state index contributed by atoms with van der Waals surface area (Å²) in [6, 6.07) is 0. The highest BCUT2D eigenvalue weighted by atomic mass is 16.7. The zero-order valence-corrected chi connectivity index (χ0v) is 12.4. The van der Waals surface area contributed by atoms with Crippen LogP contribution in [-0.4, -0.2) is 57.5 Å². The molecule has 0 saturated carbocycles. The summed E-state index contributed by atoms with van der Waals surface area (Å²) in [6.45, 7) is 6.70. The molecule has 0 fully saturated rings. The minimum atomic E-state index is -2.13. The van der Waals surface area contributed by atoms with E-state index in [2.05, 4.69) is 14.8 Å². The van der Waals surface area contributed by atoms with Gasteiger partial charge in [0.05, 0.1) is 0 Å². The van der Waals surface area contributed by atoms with Crippen molar-refractivity contribution in [2.75, 3.05) is 0 Å². The first-order valence-electron chi connectivity index (χ1n) is 5.73. The summed E-state index contributed by atoms with van der Waals surface area (Å²) in [4.78, 5) is 0. The van der Waals surface area contributed by atoms with Crippen LogP contribution in [0.25, 0.3) is 0 Å². The first-order valence-corrected chi connectivity index (χ1v) is 5.73. The molecular formula is C8H22B2N6O5. The highest BCUT2D eigenvalue weighted by Crippen LogP contribution is 2.15. The Morgan fingerprint density at radius 3 is 1.19 bits per heavy atom. The van der Waals surface area contributed by atoms with Crippen LogP contribution in [0.2, 0.25) is 0 Å². The number of nitrogens with zero attached hydrogens (tertiary/aromatic N) is 2. The molecule has 0 heterocycles. The van der Waals surface area contributed by atoms with Crippen LogP contribution in [0.5, 0.6) is 0 Å². The summed E-state index contributed by atoms with van der Waals surface area (Å²) in [7, 11) is -4.25. The largest absolute Gasteiger partial charge is 0.621 e. The number of azo groups is 1. The van der Waals surface area contributed by atoms with Gasteiger partial charge in [-0.3, -0.25) is 10.8 Å². The van der Waals surface area contributed by atoms with E-state index in [0.29, 0.717) is 0 Å². The molecule has 0 bridgehead atoms. The number of rotatable bonds is 6. The highest BCUT2D eigenvalue weighted by Gasteiger charge is 2.25. The Morgan fingerprint density at radius 1 is 0.857 bits per heavy atom. The molecule has 0 rings (SSSR count). The van der Waals surface area contributed by atoms with Crippen LogP contribution < -0.4 is 11.5 Å². The van der Waals surface area contributed by atoms with Gasteiger partial charge in [0, 0.05) is 0 Å². The fourth-order valence-electron chi connectivity index (χ4n) is 0.467. The van der Waals surface area contributed by atoms with Gasteiger partial charge in [-0.05, 0) is 27.7 Å². The van der Waals surface area contributed by atoms with Crippen molar-refractivity contribution < 1.29 is 24.7 Å². The quantitative estimate of drug-likeness (QED) is 0.117. The lowest BCUT2D eigenvalue weighted by atomic mass is 10.1. The van der Waals surface area contributed by atoms with E-state index >= 15 is 0 Å². The molecule has 13 heteroatoms. The van der Waals surface area contributed by atoms with Crippen molar-refractivity contribution in [1.82, 2.24) is 0 Å². The van der Waals surface area contributed by atoms with Crippen molar-refractivity contribution in [2.45, 2.75) is 38.8 Å². The Bertz CT molecular complexity index is 353. The minimum absolute atomic E-state index is 0.0689. The summed E-state index contributed by atoms with van der Waals surface area (Å²) >= 11 is 0. The van der Waals surface area contributed by atoms with E-state index in [-0.39, 0.29) is 11.7 Å². The highest BCUT2D eigenvalue weighted by molar-refractivity contribution is 6.48. The van der Waals surface area contributed by atoms with Crippen molar-refractivity contribution >= 4 is 26.3 Å². The number of nitrogens with one attached hydrogen (secondary N) is 2. The SMILES string of the molecule is CC(C)(N=NC(C)(C)C(=N)N)C(=N)N.OB(O)OB(O)O. The molecule has 0 spiro atoms. The number of hydrogen-bond donors (Lipinski definition) is 8. The Balaban J connectivity index is 0. The van der Waals surface area contributed by atoms with Gasteiger partial charge in [0.25, 0.3) is 0 Å². The van der Waals surface area contributed by atoms with Crippen molar-refractivity contribution in [1.29, 1.82) is 10.8 Å². The summed E-state index contributed by atoms with van der Waals surface area (Å²) in [5.74, 6) is -0.138. The van der Waals surface area contributed by atoms with E-state index in [1.165, 1.54) is 0 Å². The third-order valence-electron chi connectivity index (χ3n) is 2.11. The van der Waals surface area contributed by atoms with E-state index in [9.17, 15) is 0 Å². The molecule has 0 amide bonds. The number of nitrogens with two attached hydrogens (primary N) is 2. The second-order valence-corrected chi connectivity index (χ2v) is 4.93. The smallest absolute Gasteiger partial charge is 0.402 e. The van der Waals surface area contributed by atoms with Crippen molar-refractivity contribution in [3.05, 3.63) is 0 Å². The molecular weight excluding hydrogens is 282 g/mol. The van der Waals surface area contributed by atoms with Gasteiger partial charge in [0.15, 0.2) is 0 Å². The van der Waals surface area contributed by atoms with Gasteiger partial charge in [-0.2, -0.15) is 10.2 Å². The molecule has 10 N–H and O–H groups in total. The number of amidine groups is 2. The third-order valence-corrected chi connectivity index (χ3v) is 2.11. The third kappa shape index (κ3) is 10.9. The van der Waals surface area contributed by atoms with E-state index in [1.54, 1.807) is 27.7 Å². The predicted molar refractivity (Wildman–Crippen MR) is 78.3 cm³/mol. The second-order valence-electron chi connectivity index (χ2n) is 4.93. The van der Waals surface area contributed by atoms with E-state index in [4.69, 9.17) is 42.4 Å². The van der Waals surface area contributed by atoms with Gasteiger partial charge >= 0.3 is 14.6 Å². The zero-order chi connectivity index (χ0) is 17.4. The van der Waals surface area contributed by atoms with Crippen LogP contribution >= 0.6 is 0 Å². The molecule has 0 aromatic carbocycles. The molecule has 0 aliphatic rings. The number of hydrogen-bond acceptors (Lipinski definition) is 9. The summed E-state index contributed by atoms with van der Waals surface area (Å²) in [5, 5.41) is 53.3. The second kappa shape index (κ2) is 8.69. The molecule has 0 aromatic rings. The van der Waals surface area contributed by atoms with Gasteiger partial charge in [0.1, 0.15) is 22.7 Å². The average Bonchev–Trinajstić information content (AvgIpc) is 2.25. The molecule has 21 heavy (non-hydrogen) atoms. The standard InChI is InChI=1S/C8H18N6.B2H4O5/c1-7(2,5(9)10)13-14-8(3,4)6(11)12;3-1(4)7-2(5)6/h1-4H3,(H3,9,10)(H3,11,12);3-6H. The van der Waals surface area contributed by atoms with Crippen LogP contribution in [0.15, 0.2) is 10.2 Å². The topological polar surface area (TPSA) is 215 Å². The van der Waals surface area contributed by atoms with E-state index < -0.39 is 25.7 Å². The fourth-order valence-corrected chi connectivity index (χ4v) is 0.467. The Labute approximate surface area is 123 Å². The Kier molecular flexibility index (Phi) is 9.00. The van der Waals surface area contributed by atoms with E-state index in [0.717, 1.165) is 0 Å². The molecule has 0 atom stereocenters. The monoisotopic (exact) mass is 304 g/mol. The van der Waals surface area contributed by atoms with Gasteiger partial charge in [0.2, 0.25) is 0 Å². The molecule has 0 aliphatic heterocycles. The maximum atomic E-state index is 7.74. The van der Waals surface area contributed by atoms with Gasteiger partial charge in [-0.25, -0.2) is 0 Å². The van der Waals surface area contributed by atoms with Crippen LogP contribution in [0.1, 0.15) is 27.7 Å². The lowest BCUT2D eigenvalue weighted by molar-refractivity contribution is 0.213. The first kappa shape index (κ1) is 21.8. The predicted octanol–water partition coefficient (Wildman–Crippen LogP) is -2.19. The van der Waals surface area contributed by atoms with Crippen LogP contribution in [-0.2, 0) is 4.57 Å². The Morgan fingerprint density at radius 2 is 1.10 bits per heavy atom. The molecule has 11 nitrogen and oxygen atoms in total.